The number of amides is 1. The van der Waals surface area contributed by atoms with Crippen LogP contribution >= 0.6 is 0 Å². The number of carbonyl (C=O) groups excluding carboxylic acids is 1. The highest BCUT2D eigenvalue weighted by Gasteiger charge is 2.13. The molecule has 0 atom stereocenters. The molecule has 0 aliphatic heterocycles. The Balaban J connectivity index is 1.41. The monoisotopic (exact) mass is 352 g/mol. The summed E-state index contributed by atoms with van der Waals surface area (Å²) in [4.78, 5) is 12.2. The van der Waals surface area contributed by atoms with Crippen LogP contribution in [0.3, 0.4) is 0 Å². The average Bonchev–Trinajstić information content (AvgIpc) is 2.95. The summed E-state index contributed by atoms with van der Waals surface area (Å²) in [5.74, 6) is 0.601. The molecule has 5 nitrogen and oxygen atoms in total. The third-order valence-electron chi connectivity index (χ3n) is 4.87. The van der Waals surface area contributed by atoms with Crippen molar-refractivity contribution in [1.82, 2.24) is 15.5 Å². The lowest BCUT2D eigenvalue weighted by Gasteiger charge is -2.16. The van der Waals surface area contributed by atoms with Gasteiger partial charge >= 0.3 is 0 Å². The molecule has 1 aliphatic rings. The number of carbonyl (C=O) groups is 1. The molecular weight excluding hydrogens is 324 g/mol. The average molecular weight is 352 g/mol. The zero-order valence-corrected chi connectivity index (χ0v) is 15.3. The number of hydrogen-bond acceptors (Lipinski definition) is 4. The van der Waals surface area contributed by atoms with Crippen molar-refractivity contribution >= 4 is 11.7 Å². The van der Waals surface area contributed by atoms with E-state index in [9.17, 15) is 4.79 Å². The van der Waals surface area contributed by atoms with Crippen molar-refractivity contribution < 1.29 is 4.79 Å². The van der Waals surface area contributed by atoms with Gasteiger partial charge in [0.05, 0.1) is 0 Å². The fourth-order valence-electron chi connectivity index (χ4n) is 3.39. The third kappa shape index (κ3) is 5.83. The van der Waals surface area contributed by atoms with E-state index in [0.717, 1.165) is 18.7 Å². The van der Waals surface area contributed by atoms with Crippen LogP contribution in [0.2, 0.25) is 0 Å². The van der Waals surface area contributed by atoms with Crippen LogP contribution in [0.4, 0.5) is 5.82 Å². The van der Waals surface area contributed by atoms with Gasteiger partial charge in [-0.05, 0) is 43.4 Å². The fourth-order valence-corrected chi connectivity index (χ4v) is 3.39. The maximum absolute atomic E-state index is 12.2. The topological polar surface area (TPSA) is 66.9 Å². The number of aromatic nitrogens is 2. The normalized spacial score (nSPS) is 15.2. The quantitative estimate of drug-likeness (QED) is 0.584. The maximum atomic E-state index is 12.2. The maximum Gasteiger partial charge on any atom is 0.271 e. The van der Waals surface area contributed by atoms with Gasteiger partial charge in [-0.1, -0.05) is 56.0 Å². The molecule has 1 aliphatic carbocycles. The standard InChI is InChI=1S/C21H28N4O/c26-21(22-16-8-11-17-9-4-3-5-10-17)19-14-15-20(25-24-19)23-18-12-6-1-2-7-13-18/h3-5,9-10,14-15,18H,1-2,6-8,11-13,16H2,(H,22,26)(H,23,25). The second-order valence-electron chi connectivity index (χ2n) is 6.98. The first-order valence-corrected chi connectivity index (χ1v) is 9.73. The van der Waals surface area contributed by atoms with Gasteiger partial charge in [-0.15, -0.1) is 10.2 Å². The lowest BCUT2D eigenvalue weighted by atomic mass is 10.1. The largest absolute Gasteiger partial charge is 0.366 e. The summed E-state index contributed by atoms with van der Waals surface area (Å²) in [6, 6.07) is 14.4. The lowest BCUT2D eigenvalue weighted by molar-refractivity contribution is 0.0947. The minimum atomic E-state index is -0.161. The second-order valence-corrected chi connectivity index (χ2v) is 6.98. The van der Waals surface area contributed by atoms with Gasteiger partial charge in [0, 0.05) is 12.6 Å². The Morgan fingerprint density at radius 3 is 2.42 bits per heavy atom. The molecule has 3 rings (SSSR count). The molecule has 0 bridgehead atoms. The third-order valence-corrected chi connectivity index (χ3v) is 4.87. The highest BCUT2D eigenvalue weighted by Crippen LogP contribution is 2.20. The molecule has 0 saturated heterocycles. The Kier molecular flexibility index (Phi) is 6.99. The molecule has 138 valence electrons. The Labute approximate surface area is 155 Å². The van der Waals surface area contributed by atoms with Gasteiger partial charge < -0.3 is 10.6 Å². The van der Waals surface area contributed by atoms with Crippen molar-refractivity contribution in [2.75, 3.05) is 11.9 Å². The summed E-state index contributed by atoms with van der Waals surface area (Å²) >= 11 is 0. The van der Waals surface area contributed by atoms with Gasteiger partial charge in [-0.3, -0.25) is 4.79 Å². The van der Waals surface area contributed by atoms with Crippen molar-refractivity contribution in [3.8, 4) is 0 Å². The summed E-state index contributed by atoms with van der Waals surface area (Å²) in [7, 11) is 0. The summed E-state index contributed by atoms with van der Waals surface area (Å²) < 4.78 is 0. The van der Waals surface area contributed by atoms with Crippen LogP contribution in [-0.4, -0.2) is 28.7 Å². The van der Waals surface area contributed by atoms with Crippen molar-refractivity contribution in [3.05, 3.63) is 53.7 Å². The molecule has 0 radical (unpaired) electrons. The first-order chi connectivity index (χ1) is 12.8. The van der Waals surface area contributed by atoms with Crippen LogP contribution in [-0.2, 0) is 6.42 Å². The van der Waals surface area contributed by atoms with Crippen LogP contribution in [0.5, 0.6) is 0 Å². The van der Waals surface area contributed by atoms with Gasteiger partial charge in [0.2, 0.25) is 0 Å². The van der Waals surface area contributed by atoms with E-state index in [2.05, 4.69) is 33.0 Å². The van der Waals surface area contributed by atoms with Crippen molar-refractivity contribution in [1.29, 1.82) is 0 Å². The molecule has 1 saturated carbocycles. The first kappa shape index (κ1) is 18.4. The lowest BCUT2D eigenvalue weighted by Crippen LogP contribution is -2.26. The van der Waals surface area contributed by atoms with Crippen molar-refractivity contribution in [2.45, 2.75) is 57.4 Å². The van der Waals surface area contributed by atoms with Gasteiger partial charge in [-0.25, -0.2) is 0 Å². The molecule has 1 aromatic carbocycles. The first-order valence-electron chi connectivity index (χ1n) is 9.73. The molecule has 0 unspecified atom stereocenters. The van der Waals surface area contributed by atoms with E-state index in [1.54, 1.807) is 6.07 Å². The fraction of sp³-hybridized carbons (Fsp3) is 0.476. The van der Waals surface area contributed by atoms with Crippen LogP contribution in [0.1, 0.15) is 61.0 Å². The van der Waals surface area contributed by atoms with E-state index in [1.165, 1.54) is 44.1 Å². The number of rotatable bonds is 7. The minimum Gasteiger partial charge on any atom is -0.366 e. The second kappa shape index (κ2) is 9.90. The highest BCUT2D eigenvalue weighted by molar-refractivity contribution is 5.92. The molecule has 1 aromatic heterocycles. The summed E-state index contributed by atoms with van der Waals surface area (Å²) in [5, 5.41) is 14.6. The number of nitrogens with one attached hydrogen (secondary N) is 2. The molecule has 0 spiro atoms. The van der Waals surface area contributed by atoms with E-state index >= 15 is 0 Å². The van der Waals surface area contributed by atoms with E-state index in [4.69, 9.17) is 0 Å². The number of benzene rings is 1. The van der Waals surface area contributed by atoms with E-state index < -0.39 is 0 Å². The molecule has 1 heterocycles. The Hall–Kier alpha value is -2.43. The molecule has 2 N–H and O–H groups in total. The van der Waals surface area contributed by atoms with E-state index in [1.807, 2.05) is 24.3 Å². The molecular formula is C21H28N4O. The number of nitrogens with zero attached hydrogens (tertiary/aromatic N) is 2. The Morgan fingerprint density at radius 1 is 0.962 bits per heavy atom. The summed E-state index contributed by atoms with van der Waals surface area (Å²) in [6.45, 7) is 0.636. The van der Waals surface area contributed by atoms with Crippen LogP contribution in [0.15, 0.2) is 42.5 Å². The van der Waals surface area contributed by atoms with Crippen molar-refractivity contribution in [3.63, 3.8) is 0 Å². The van der Waals surface area contributed by atoms with Crippen LogP contribution in [0, 0.1) is 0 Å². The van der Waals surface area contributed by atoms with Crippen LogP contribution < -0.4 is 10.6 Å². The Morgan fingerprint density at radius 2 is 1.73 bits per heavy atom. The number of anilines is 1. The minimum absolute atomic E-state index is 0.161. The number of aryl methyl sites for hydroxylation is 1. The van der Waals surface area contributed by atoms with Crippen LogP contribution in [0.25, 0.3) is 0 Å². The highest BCUT2D eigenvalue weighted by atomic mass is 16.1. The summed E-state index contributed by atoms with van der Waals surface area (Å²) in [6.07, 6.45) is 9.43. The zero-order valence-electron chi connectivity index (χ0n) is 15.3. The van der Waals surface area contributed by atoms with Gasteiger partial charge in [0.1, 0.15) is 5.82 Å². The zero-order chi connectivity index (χ0) is 18.0. The smallest absolute Gasteiger partial charge is 0.271 e. The Bertz CT molecular complexity index is 664. The molecule has 26 heavy (non-hydrogen) atoms. The van der Waals surface area contributed by atoms with Gasteiger partial charge in [0.25, 0.3) is 5.91 Å². The SMILES string of the molecule is O=C(NCCCc1ccccc1)c1ccc(NC2CCCCCC2)nn1. The van der Waals surface area contributed by atoms with Gasteiger partial charge in [0.15, 0.2) is 5.69 Å². The molecule has 2 aromatic rings. The predicted octanol–water partition coefficient (Wildman–Crippen LogP) is 3.97. The van der Waals surface area contributed by atoms with Crippen molar-refractivity contribution in [2.24, 2.45) is 0 Å². The summed E-state index contributed by atoms with van der Waals surface area (Å²) in [5.41, 5.74) is 1.66. The van der Waals surface area contributed by atoms with E-state index in [0.29, 0.717) is 18.3 Å². The van der Waals surface area contributed by atoms with E-state index in [-0.39, 0.29) is 5.91 Å². The molecule has 5 heteroatoms. The predicted molar refractivity (Wildman–Crippen MR) is 104 cm³/mol. The molecule has 1 amide bonds. The number of hydrogen-bond donors (Lipinski definition) is 2. The molecule has 1 fully saturated rings. The van der Waals surface area contributed by atoms with Gasteiger partial charge in [-0.2, -0.15) is 0 Å².